The summed E-state index contributed by atoms with van der Waals surface area (Å²) >= 11 is 1.27. The molecule has 1 fully saturated rings. The van der Waals surface area contributed by atoms with Crippen LogP contribution in [0.2, 0.25) is 0 Å². The first-order valence-corrected chi connectivity index (χ1v) is 11.9. The number of hydrogen-bond acceptors (Lipinski definition) is 5. The van der Waals surface area contributed by atoms with E-state index in [4.69, 9.17) is 10.1 Å². The van der Waals surface area contributed by atoms with E-state index in [1.807, 2.05) is 35.0 Å². The minimum Gasteiger partial charge on any atom is -0.220 e. The average molecular weight is 425 g/mol. The van der Waals surface area contributed by atoms with Crippen LogP contribution < -0.4 is 0 Å². The average Bonchev–Trinajstić information content (AvgIpc) is 3.44. The third-order valence-electron chi connectivity index (χ3n) is 5.36. The van der Waals surface area contributed by atoms with Crippen LogP contribution in [0.25, 0.3) is 16.8 Å². The van der Waals surface area contributed by atoms with E-state index in [9.17, 15) is 8.42 Å². The number of nitrogens with zero attached hydrogens (tertiary/aromatic N) is 4. The molecule has 148 valence electrons. The van der Waals surface area contributed by atoms with Gasteiger partial charge in [-0.25, -0.2) is 17.9 Å². The SMILES string of the molecule is O=S(=O)(c1cccs1)N1CCC(c2nc3ccc(-c4ccccc4)cn3n2)CC1. The van der Waals surface area contributed by atoms with Crippen LogP contribution in [-0.4, -0.2) is 40.4 Å². The Morgan fingerprint density at radius 1 is 0.931 bits per heavy atom. The third-order valence-corrected chi connectivity index (χ3v) is 8.63. The summed E-state index contributed by atoms with van der Waals surface area (Å²) in [4.78, 5) is 4.69. The van der Waals surface area contributed by atoms with Gasteiger partial charge in [-0.1, -0.05) is 36.4 Å². The molecule has 3 aromatic heterocycles. The molecule has 1 saturated heterocycles. The van der Waals surface area contributed by atoms with Gasteiger partial charge in [0.2, 0.25) is 0 Å². The van der Waals surface area contributed by atoms with E-state index in [0.29, 0.717) is 17.3 Å². The van der Waals surface area contributed by atoms with E-state index >= 15 is 0 Å². The van der Waals surface area contributed by atoms with Crippen LogP contribution in [0.5, 0.6) is 0 Å². The van der Waals surface area contributed by atoms with Crippen LogP contribution in [0.3, 0.4) is 0 Å². The van der Waals surface area contributed by atoms with Crippen LogP contribution >= 0.6 is 11.3 Å². The Morgan fingerprint density at radius 3 is 2.45 bits per heavy atom. The molecule has 5 rings (SSSR count). The van der Waals surface area contributed by atoms with Gasteiger partial charge in [-0.2, -0.15) is 9.40 Å². The Morgan fingerprint density at radius 2 is 1.72 bits per heavy atom. The molecule has 0 unspecified atom stereocenters. The van der Waals surface area contributed by atoms with Gasteiger partial charge in [-0.05, 0) is 42.0 Å². The van der Waals surface area contributed by atoms with Crippen molar-refractivity contribution in [1.82, 2.24) is 18.9 Å². The lowest BCUT2D eigenvalue weighted by molar-refractivity contribution is 0.314. The predicted octanol–water partition coefficient (Wildman–Crippen LogP) is 4.03. The number of pyridine rings is 1. The largest absolute Gasteiger partial charge is 0.252 e. The second-order valence-electron chi connectivity index (χ2n) is 7.17. The van der Waals surface area contributed by atoms with Gasteiger partial charge in [-0.15, -0.1) is 11.3 Å². The minimum absolute atomic E-state index is 0.171. The highest BCUT2D eigenvalue weighted by Crippen LogP contribution is 2.31. The Balaban J connectivity index is 1.34. The molecule has 6 nitrogen and oxygen atoms in total. The number of benzene rings is 1. The second-order valence-corrected chi connectivity index (χ2v) is 10.3. The van der Waals surface area contributed by atoms with E-state index in [1.54, 1.807) is 21.8 Å². The van der Waals surface area contributed by atoms with Crippen LogP contribution in [0.4, 0.5) is 0 Å². The second kappa shape index (κ2) is 7.37. The lowest BCUT2D eigenvalue weighted by Gasteiger charge is -2.29. The van der Waals surface area contributed by atoms with Crippen LogP contribution in [0, 0.1) is 0 Å². The smallest absolute Gasteiger partial charge is 0.220 e. The van der Waals surface area contributed by atoms with Crippen molar-refractivity contribution in [2.45, 2.75) is 23.0 Å². The van der Waals surface area contributed by atoms with Crippen LogP contribution in [0.1, 0.15) is 24.6 Å². The van der Waals surface area contributed by atoms with Gasteiger partial charge in [0.1, 0.15) is 4.21 Å². The summed E-state index contributed by atoms with van der Waals surface area (Å²) in [5.74, 6) is 0.966. The summed E-state index contributed by atoms with van der Waals surface area (Å²) in [6.45, 7) is 0.992. The van der Waals surface area contributed by atoms with Crippen molar-refractivity contribution in [2.24, 2.45) is 0 Å². The van der Waals surface area contributed by atoms with Gasteiger partial charge in [-0.3, -0.25) is 0 Å². The standard InChI is InChI=1S/C21H20N4O2S2/c26-29(27,20-7-4-14-28-20)24-12-10-17(11-13-24)21-22-19-9-8-18(15-25(19)23-21)16-5-2-1-3-6-16/h1-9,14-15,17H,10-13H2. The number of thiophene rings is 1. The molecule has 1 aliphatic rings. The number of fused-ring (bicyclic) bond motifs is 1. The number of hydrogen-bond donors (Lipinski definition) is 0. The minimum atomic E-state index is -3.38. The van der Waals surface area contributed by atoms with Crippen molar-refractivity contribution in [1.29, 1.82) is 0 Å². The molecular weight excluding hydrogens is 404 g/mol. The lowest BCUT2D eigenvalue weighted by atomic mass is 9.98. The van der Waals surface area contributed by atoms with Gasteiger partial charge in [0.05, 0.1) is 0 Å². The Bertz CT molecular complexity index is 1230. The molecule has 8 heteroatoms. The van der Waals surface area contributed by atoms with E-state index in [2.05, 4.69) is 18.2 Å². The first-order chi connectivity index (χ1) is 14.1. The zero-order valence-corrected chi connectivity index (χ0v) is 17.3. The summed E-state index contributed by atoms with van der Waals surface area (Å²) in [5, 5.41) is 6.49. The molecule has 0 N–H and O–H groups in total. The zero-order chi connectivity index (χ0) is 19.8. The first kappa shape index (κ1) is 18.5. The number of aromatic nitrogens is 3. The Labute approximate surface area is 173 Å². The molecule has 0 amide bonds. The van der Waals surface area contributed by atoms with Gasteiger partial charge < -0.3 is 0 Å². The quantitative estimate of drug-likeness (QED) is 0.496. The lowest BCUT2D eigenvalue weighted by Crippen LogP contribution is -2.37. The predicted molar refractivity (Wildman–Crippen MR) is 113 cm³/mol. The number of rotatable bonds is 4. The molecule has 0 atom stereocenters. The van der Waals surface area contributed by atoms with Crippen molar-refractivity contribution in [2.75, 3.05) is 13.1 Å². The summed E-state index contributed by atoms with van der Waals surface area (Å²) in [6, 6.07) is 17.7. The van der Waals surface area contributed by atoms with Crippen molar-refractivity contribution in [3.05, 3.63) is 72.0 Å². The monoisotopic (exact) mass is 424 g/mol. The molecule has 1 aliphatic heterocycles. The first-order valence-electron chi connectivity index (χ1n) is 9.57. The summed E-state index contributed by atoms with van der Waals surface area (Å²) in [6.07, 6.45) is 3.46. The maximum atomic E-state index is 12.7. The zero-order valence-electron chi connectivity index (χ0n) is 15.7. The maximum absolute atomic E-state index is 12.7. The van der Waals surface area contributed by atoms with Gasteiger partial charge in [0.15, 0.2) is 11.5 Å². The van der Waals surface area contributed by atoms with Crippen molar-refractivity contribution in [3.8, 4) is 11.1 Å². The molecule has 0 aliphatic carbocycles. The van der Waals surface area contributed by atoms with Gasteiger partial charge >= 0.3 is 0 Å². The molecule has 4 aromatic rings. The summed E-state index contributed by atoms with van der Waals surface area (Å²) in [5.41, 5.74) is 3.04. The molecule has 29 heavy (non-hydrogen) atoms. The molecule has 0 bridgehead atoms. The highest BCUT2D eigenvalue weighted by molar-refractivity contribution is 7.91. The van der Waals surface area contributed by atoms with Crippen LogP contribution in [-0.2, 0) is 10.0 Å². The molecule has 4 heterocycles. The normalized spacial score (nSPS) is 16.4. The van der Waals surface area contributed by atoms with Crippen molar-refractivity contribution >= 4 is 27.0 Å². The number of piperidine rings is 1. The Hall–Kier alpha value is -2.55. The van der Waals surface area contributed by atoms with E-state index in [1.165, 1.54) is 11.3 Å². The molecule has 0 radical (unpaired) electrons. The molecular formula is C21H20N4O2S2. The fourth-order valence-electron chi connectivity index (χ4n) is 3.77. The summed E-state index contributed by atoms with van der Waals surface area (Å²) in [7, 11) is -3.38. The topological polar surface area (TPSA) is 67.6 Å². The highest BCUT2D eigenvalue weighted by atomic mass is 32.2. The van der Waals surface area contributed by atoms with Gasteiger partial charge in [0.25, 0.3) is 10.0 Å². The molecule has 0 saturated carbocycles. The fourth-order valence-corrected chi connectivity index (χ4v) is 6.38. The molecule has 1 aromatic carbocycles. The van der Waals surface area contributed by atoms with E-state index in [0.717, 1.165) is 35.4 Å². The van der Waals surface area contributed by atoms with E-state index in [-0.39, 0.29) is 5.92 Å². The van der Waals surface area contributed by atoms with Crippen LogP contribution in [0.15, 0.2) is 70.4 Å². The molecule has 0 spiro atoms. The maximum Gasteiger partial charge on any atom is 0.252 e. The van der Waals surface area contributed by atoms with Crippen molar-refractivity contribution in [3.63, 3.8) is 0 Å². The number of sulfonamides is 1. The third kappa shape index (κ3) is 3.48. The highest BCUT2D eigenvalue weighted by Gasteiger charge is 2.32. The fraction of sp³-hybridized carbons (Fsp3) is 0.238. The van der Waals surface area contributed by atoms with E-state index < -0.39 is 10.0 Å². The summed E-state index contributed by atoms with van der Waals surface area (Å²) < 4.78 is 29.2. The Kier molecular flexibility index (Phi) is 4.69. The van der Waals surface area contributed by atoms with Gasteiger partial charge in [0, 0.05) is 30.8 Å². The van der Waals surface area contributed by atoms with Crippen molar-refractivity contribution < 1.29 is 8.42 Å².